The van der Waals surface area contributed by atoms with Gasteiger partial charge in [-0.15, -0.1) is 0 Å². The van der Waals surface area contributed by atoms with E-state index in [1.165, 1.54) is 32.1 Å². The summed E-state index contributed by atoms with van der Waals surface area (Å²) in [6.45, 7) is 4.22. The minimum absolute atomic E-state index is 0.335. The lowest BCUT2D eigenvalue weighted by atomic mass is 10.2. The van der Waals surface area contributed by atoms with Crippen molar-refractivity contribution >= 4 is 23.3 Å². The monoisotopic (exact) mass is 282 g/mol. The van der Waals surface area contributed by atoms with Crippen LogP contribution < -0.4 is 10.6 Å². The van der Waals surface area contributed by atoms with Gasteiger partial charge in [0.25, 0.3) is 0 Å². The molecule has 1 fully saturated rings. The molecule has 1 aromatic heterocycles. The molecule has 0 aromatic carbocycles. The minimum atomic E-state index is -0.513. The highest BCUT2D eigenvalue weighted by Gasteiger charge is 2.14. The molecule has 19 heavy (non-hydrogen) atoms. The van der Waals surface area contributed by atoms with Gasteiger partial charge in [0.2, 0.25) is 5.91 Å². The van der Waals surface area contributed by atoms with Crippen LogP contribution >= 0.6 is 11.6 Å². The Hall–Kier alpha value is -1.33. The summed E-state index contributed by atoms with van der Waals surface area (Å²) < 4.78 is 0. The topological polar surface area (TPSA) is 62.5 Å². The summed E-state index contributed by atoms with van der Waals surface area (Å²) in [4.78, 5) is 19.7. The Morgan fingerprint density at radius 1 is 1.53 bits per heavy atom. The number of rotatable bonds is 5. The maximum absolute atomic E-state index is 11.0. The second-order valence-electron chi connectivity index (χ2n) is 4.86. The lowest BCUT2D eigenvalue weighted by molar-refractivity contribution is 0.1000. The van der Waals surface area contributed by atoms with Crippen LogP contribution in [-0.4, -0.2) is 49.0 Å². The fourth-order valence-corrected chi connectivity index (χ4v) is 2.56. The Kier molecular flexibility index (Phi) is 4.61. The lowest BCUT2D eigenvalue weighted by Crippen LogP contribution is -2.32. The average molecular weight is 283 g/mol. The van der Waals surface area contributed by atoms with Crippen molar-refractivity contribution in [3.63, 3.8) is 0 Å². The van der Waals surface area contributed by atoms with Gasteiger partial charge < -0.3 is 15.5 Å². The molecule has 5 nitrogen and oxygen atoms in total. The predicted molar refractivity (Wildman–Crippen MR) is 76.7 cm³/mol. The van der Waals surface area contributed by atoms with Gasteiger partial charge in [-0.3, -0.25) is 4.79 Å². The van der Waals surface area contributed by atoms with E-state index in [0.29, 0.717) is 16.4 Å². The van der Waals surface area contributed by atoms with E-state index < -0.39 is 5.91 Å². The summed E-state index contributed by atoms with van der Waals surface area (Å²) in [7, 11) is 1.95. The number of primary amides is 1. The third-order valence-corrected chi connectivity index (χ3v) is 3.70. The van der Waals surface area contributed by atoms with Crippen LogP contribution in [0.15, 0.2) is 12.3 Å². The molecule has 0 saturated carbocycles. The first-order valence-corrected chi connectivity index (χ1v) is 6.84. The average Bonchev–Trinajstić information content (AvgIpc) is 2.88. The number of likely N-dealkylation sites (N-methyl/N-ethyl adjacent to an activating group) is 1. The van der Waals surface area contributed by atoms with Crippen LogP contribution in [0, 0.1) is 0 Å². The Labute approximate surface area is 118 Å². The summed E-state index contributed by atoms with van der Waals surface area (Å²) in [6.07, 6.45) is 4.04. The second kappa shape index (κ2) is 6.21. The Morgan fingerprint density at radius 2 is 2.21 bits per heavy atom. The molecule has 0 unspecified atom stereocenters. The first-order chi connectivity index (χ1) is 9.08. The molecule has 0 spiro atoms. The first kappa shape index (κ1) is 14.1. The number of hydrogen-bond donors (Lipinski definition) is 1. The Balaban J connectivity index is 1.98. The highest BCUT2D eigenvalue weighted by Crippen LogP contribution is 2.23. The van der Waals surface area contributed by atoms with Crippen LogP contribution in [-0.2, 0) is 0 Å². The van der Waals surface area contributed by atoms with Gasteiger partial charge >= 0.3 is 0 Å². The zero-order chi connectivity index (χ0) is 13.8. The van der Waals surface area contributed by atoms with Crippen molar-refractivity contribution in [2.24, 2.45) is 5.73 Å². The molecule has 1 aliphatic heterocycles. The fraction of sp³-hybridized carbons (Fsp3) is 0.538. The molecule has 1 aliphatic rings. The van der Waals surface area contributed by atoms with E-state index in [1.807, 2.05) is 11.9 Å². The molecule has 1 aromatic rings. The van der Waals surface area contributed by atoms with Crippen molar-refractivity contribution in [1.82, 2.24) is 9.88 Å². The van der Waals surface area contributed by atoms with Gasteiger partial charge in [0.05, 0.1) is 10.6 Å². The van der Waals surface area contributed by atoms with E-state index in [9.17, 15) is 4.79 Å². The number of pyridine rings is 1. The molecule has 0 atom stereocenters. The smallest absolute Gasteiger partial charge is 0.250 e. The van der Waals surface area contributed by atoms with Crippen molar-refractivity contribution in [3.05, 3.63) is 22.8 Å². The summed E-state index contributed by atoms with van der Waals surface area (Å²) in [5.74, 6) is 0.173. The minimum Gasteiger partial charge on any atom is -0.366 e. The number of hydrogen-bond acceptors (Lipinski definition) is 4. The molecule has 2 N–H and O–H groups in total. The zero-order valence-corrected chi connectivity index (χ0v) is 11.9. The van der Waals surface area contributed by atoms with Crippen molar-refractivity contribution in [2.75, 3.05) is 38.1 Å². The van der Waals surface area contributed by atoms with Crippen molar-refractivity contribution in [3.8, 4) is 0 Å². The van der Waals surface area contributed by atoms with Crippen molar-refractivity contribution in [1.29, 1.82) is 0 Å². The second-order valence-corrected chi connectivity index (χ2v) is 5.27. The van der Waals surface area contributed by atoms with Crippen LogP contribution in [0.1, 0.15) is 23.2 Å². The summed E-state index contributed by atoms with van der Waals surface area (Å²) in [6, 6.07) is 1.57. The van der Waals surface area contributed by atoms with Crippen LogP contribution in [0.3, 0.4) is 0 Å². The SMILES string of the molecule is CN(CCN1CCCC1)c1ncc(C(N)=O)cc1Cl. The molecular formula is C13H19ClN4O. The Bertz CT molecular complexity index is 460. The quantitative estimate of drug-likeness (QED) is 0.886. The highest BCUT2D eigenvalue weighted by molar-refractivity contribution is 6.33. The standard InChI is InChI=1S/C13H19ClN4O/c1-17(6-7-18-4-2-3-5-18)13-11(14)8-10(9-16-13)12(15)19/h8-9H,2-7H2,1H3,(H2,15,19). The van der Waals surface area contributed by atoms with Crippen molar-refractivity contribution in [2.45, 2.75) is 12.8 Å². The number of amides is 1. The molecule has 6 heteroatoms. The van der Waals surface area contributed by atoms with Gasteiger partial charge in [0.1, 0.15) is 5.82 Å². The predicted octanol–water partition coefficient (Wildman–Crippen LogP) is 1.37. The van der Waals surface area contributed by atoms with Crippen LogP contribution in [0.25, 0.3) is 0 Å². The number of carbonyl (C=O) groups excluding carboxylic acids is 1. The van der Waals surface area contributed by atoms with E-state index in [0.717, 1.165) is 13.1 Å². The number of nitrogens with two attached hydrogens (primary N) is 1. The van der Waals surface area contributed by atoms with E-state index in [4.69, 9.17) is 17.3 Å². The first-order valence-electron chi connectivity index (χ1n) is 6.47. The summed E-state index contributed by atoms with van der Waals surface area (Å²) in [5, 5.41) is 0.459. The van der Waals surface area contributed by atoms with E-state index in [1.54, 1.807) is 6.07 Å². The molecule has 2 heterocycles. The molecule has 0 radical (unpaired) electrons. The number of halogens is 1. The number of likely N-dealkylation sites (tertiary alicyclic amines) is 1. The third-order valence-electron chi connectivity index (χ3n) is 3.42. The number of nitrogens with zero attached hydrogens (tertiary/aromatic N) is 3. The maximum Gasteiger partial charge on any atom is 0.250 e. The number of aromatic nitrogens is 1. The number of anilines is 1. The van der Waals surface area contributed by atoms with Gasteiger partial charge in [0, 0.05) is 26.3 Å². The number of carbonyl (C=O) groups is 1. The Morgan fingerprint density at radius 3 is 2.79 bits per heavy atom. The highest BCUT2D eigenvalue weighted by atomic mass is 35.5. The van der Waals surface area contributed by atoms with Gasteiger partial charge in [-0.2, -0.15) is 0 Å². The molecular weight excluding hydrogens is 264 g/mol. The van der Waals surface area contributed by atoms with Gasteiger partial charge in [-0.25, -0.2) is 4.98 Å². The molecule has 0 aliphatic carbocycles. The molecule has 1 saturated heterocycles. The summed E-state index contributed by atoms with van der Waals surface area (Å²) >= 11 is 6.14. The maximum atomic E-state index is 11.0. The molecule has 1 amide bonds. The van der Waals surface area contributed by atoms with Crippen molar-refractivity contribution < 1.29 is 4.79 Å². The molecule has 2 rings (SSSR count). The van der Waals surface area contributed by atoms with Gasteiger partial charge in [-0.1, -0.05) is 11.6 Å². The third kappa shape index (κ3) is 3.58. The van der Waals surface area contributed by atoms with Crippen LogP contribution in [0.4, 0.5) is 5.82 Å². The summed E-state index contributed by atoms with van der Waals surface area (Å²) in [5.41, 5.74) is 5.53. The van der Waals surface area contributed by atoms with Gasteiger partial charge in [0.15, 0.2) is 0 Å². The molecule has 104 valence electrons. The van der Waals surface area contributed by atoms with Crippen LogP contribution in [0.5, 0.6) is 0 Å². The van der Waals surface area contributed by atoms with Gasteiger partial charge in [-0.05, 0) is 32.0 Å². The normalized spacial score (nSPS) is 15.7. The zero-order valence-electron chi connectivity index (χ0n) is 11.1. The van der Waals surface area contributed by atoms with E-state index >= 15 is 0 Å². The largest absolute Gasteiger partial charge is 0.366 e. The fourth-order valence-electron chi connectivity index (χ4n) is 2.25. The lowest BCUT2D eigenvalue weighted by Gasteiger charge is -2.23. The van der Waals surface area contributed by atoms with Crippen LogP contribution in [0.2, 0.25) is 5.02 Å². The van der Waals surface area contributed by atoms with E-state index in [2.05, 4.69) is 9.88 Å². The van der Waals surface area contributed by atoms with E-state index in [-0.39, 0.29) is 0 Å². The molecule has 0 bridgehead atoms.